The summed E-state index contributed by atoms with van der Waals surface area (Å²) in [6.45, 7) is 2.41. The number of aromatic nitrogens is 5. The zero-order chi connectivity index (χ0) is 25.8. The molecule has 12 nitrogen and oxygen atoms in total. The second-order valence-electron chi connectivity index (χ2n) is 7.73. The first kappa shape index (κ1) is 23.5. The first-order valence-electron chi connectivity index (χ1n) is 11.3. The minimum atomic E-state index is -0.597. The largest absolute Gasteiger partial charge is 0.496 e. The Balaban J connectivity index is 1.50. The Labute approximate surface area is 210 Å². The summed E-state index contributed by atoms with van der Waals surface area (Å²) in [4.78, 5) is 13.2. The van der Waals surface area contributed by atoms with E-state index in [9.17, 15) is 4.79 Å². The molecule has 3 aromatic carbocycles. The van der Waals surface area contributed by atoms with Crippen molar-refractivity contribution in [3.63, 3.8) is 0 Å². The summed E-state index contributed by atoms with van der Waals surface area (Å²) in [6, 6.07) is 18.7. The fourth-order valence-electron chi connectivity index (χ4n) is 3.85. The van der Waals surface area contributed by atoms with Crippen LogP contribution in [0.2, 0.25) is 0 Å². The van der Waals surface area contributed by atoms with Crippen LogP contribution in [0.1, 0.15) is 23.0 Å². The van der Waals surface area contributed by atoms with Gasteiger partial charge in [-0.05, 0) is 58.3 Å². The Bertz CT molecular complexity index is 1590. The molecule has 0 aliphatic carbocycles. The number of benzene rings is 3. The van der Waals surface area contributed by atoms with Gasteiger partial charge in [-0.1, -0.05) is 35.5 Å². The molecule has 0 fully saturated rings. The van der Waals surface area contributed by atoms with Gasteiger partial charge in [-0.25, -0.2) is 10.1 Å². The number of hydrogen-bond acceptors (Lipinski definition) is 10. The first-order chi connectivity index (χ1) is 18.1. The fraction of sp³-hybridized carbons (Fsp3) is 0.120. The Morgan fingerprint density at radius 2 is 1.95 bits per heavy atom. The van der Waals surface area contributed by atoms with Crippen LogP contribution in [0.15, 0.2) is 70.4 Å². The van der Waals surface area contributed by atoms with Crippen molar-refractivity contribution in [3.05, 3.63) is 71.9 Å². The number of nitrogens with zero attached hydrogens (tertiary/aromatic N) is 6. The number of fused-ring (bicyclic) bond motifs is 1. The van der Waals surface area contributed by atoms with Crippen molar-refractivity contribution < 1.29 is 18.9 Å². The van der Waals surface area contributed by atoms with Crippen LogP contribution >= 0.6 is 0 Å². The zero-order valence-electron chi connectivity index (χ0n) is 20.0. The molecular weight excluding hydrogens is 476 g/mol. The maximum absolute atomic E-state index is 13.2. The third kappa shape index (κ3) is 4.55. The van der Waals surface area contributed by atoms with Crippen LogP contribution in [-0.2, 0) is 0 Å². The maximum atomic E-state index is 13.2. The van der Waals surface area contributed by atoms with Crippen LogP contribution < -0.4 is 20.6 Å². The fourth-order valence-corrected chi connectivity index (χ4v) is 3.85. The molecule has 12 heteroatoms. The molecule has 37 heavy (non-hydrogen) atoms. The van der Waals surface area contributed by atoms with Gasteiger partial charge < -0.3 is 15.2 Å². The highest BCUT2D eigenvalue weighted by Crippen LogP contribution is 2.29. The van der Waals surface area contributed by atoms with Crippen LogP contribution in [0, 0.1) is 0 Å². The predicted octanol–water partition coefficient (Wildman–Crippen LogP) is 3.22. The van der Waals surface area contributed by atoms with Crippen LogP contribution in [0.3, 0.4) is 0 Å². The number of ether oxygens (including phenoxy) is 2. The van der Waals surface area contributed by atoms with E-state index >= 15 is 0 Å². The number of amides is 1. The summed E-state index contributed by atoms with van der Waals surface area (Å²) in [5.41, 5.74) is 10.0. The molecule has 0 unspecified atom stereocenters. The number of hydrazone groups is 1. The molecule has 5 rings (SSSR count). The Hall–Kier alpha value is -5.26. The molecule has 0 aliphatic heterocycles. The molecule has 0 radical (unpaired) electrons. The second kappa shape index (κ2) is 10.2. The number of nitrogen functional groups attached to an aromatic ring is 1. The minimum absolute atomic E-state index is 0.00593. The number of nitrogens with two attached hydrogens (primary N) is 1. The van der Waals surface area contributed by atoms with Gasteiger partial charge in [-0.15, -0.1) is 5.10 Å². The summed E-state index contributed by atoms with van der Waals surface area (Å²) in [5.74, 6) is 0.782. The van der Waals surface area contributed by atoms with E-state index in [0.29, 0.717) is 29.4 Å². The third-order valence-electron chi connectivity index (χ3n) is 5.53. The monoisotopic (exact) mass is 498 g/mol. The molecule has 0 saturated carbocycles. The van der Waals surface area contributed by atoms with E-state index in [2.05, 4.69) is 31.2 Å². The Kier molecular flexibility index (Phi) is 6.45. The SMILES string of the molecule is CCOc1ccc(-c2c(C(=O)NN=Cc3c(OC)ccc4ccccc34)nnn2-c2nonc2N)cc1. The minimum Gasteiger partial charge on any atom is -0.496 e. The first-order valence-corrected chi connectivity index (χ1v) is 11.3. The standard InChI is InChI=1S/C25H22N8O4/c1-3-36-17-11-8-16(9-12-17)22-21(28-32-33(22)24-23(26)30-37-31-24)25(34)29-27-14-19-18-7-5-4-6-15(18)10-13-20(19)35-2/h4-14H,3H2,1-2H3,(H2,26,30)(H,29,34). The smallest absolute Gasteiger partial charge is 0.294 e. The van der Waals surface area contributed by atoms with Gasteiger partial charge in [-0.3, -0.25) is 4.79 Å². The van der Waals surface area contributed by atoms with Crippen molar-refractivity contribution in [1.29, 1.82) is 0 Å². The van der Waals surface area contributed by atoms with Crippen LogP contribution in [0.5, 0.6) is 11.5 Å². The highest BCUT2D eigenvalue weighted by molar-refractivity contribution is 6.03. The quantitative estimate of drug-likeness (QED) is 0.242. The van der Waals surface area contributed by atoms with E-state index in [0.717, 1.165) is 16.3 Å². The summed E-state index contributed by atoms with van der Waals surface area (Å²) < 4.78 is 17.0. The molecule has 0 aliphatic rings. The van der Waals surface area contributed by atoms with Crippen molar-refractivity contribution in [2.24, 2.45) is 5.10 Å². The molecule has 2 heterocycles. The second-order valence-corrected chi connectivity index (χ2v) is 7.73. The average Bonchev–Trinajstić information content (AvgIpc) is 3.55. The number of methoxy groups -OCH3 is 1. The topological polar surface area (TPSA) is 156 Å². The highest BCUT2D eigenvalue weighted by atomic mass is 16.6. The number of carbonyl (C=O) groups is 1. The third-order valence-corrected chi connectivity index (χ3v) is 5.53. The van der Waals surface area contributed by atoms with Gasteiger partial charge in [0.2, 0.25) is 11.6 Å². The maximum Gasteiger partial charge on any atom is 0.294 e. The van der Waals surface area contributed by atoms with Gasteiger partial charge >= 0.3 is 0 Å². The lowest BCUT2D eigenvalue weighted by Gasteiger charge is -2.09. The van der Waals surface area contributed by atoms with Crippen molar-refractivity contribution in [1.82, 2.24) is 30.7 Å². The van der Waals surface area contributed by atoms with Gasteiger partial charge in [0.1, 0.15) is 17.2 Å². The normalized spacial score (nSPS) is 11.2. The van der Waals surface area contributed by atoms with E-state index in [4.69, 9.17) is 19.8 Å². The Morgan fingerprint density at radius 3 is 2.68 bits per heavy atom. The number of nitrogens with one attached hydrogen (secondary N) is 1. The lowest BCUT2D eigenvalue weighted by molar-refractivity contribution is 0.0950. The van der Waals surface area contributed by atoms with Crippen molar-refractivity contribution in [2.75, 3.05) is 19.5 Å². The number of carbonyl (C=O) groups excluding carboxylic acids is 1. The van der Waals surface area contributed by atoms with Gasteiger partial charge in [0, 0.05) is 11.1 Å². The summed E-state index contributed by atoms with van der Waals surface area (Å²) >= 11 is 0. The van der Waals surface area contributed by atoms with Gasteiger partial charge in [-0.2, -0.15) is 9.78 Å². The molecule has 0 atom stereocenters. The Morgan fingerprint density at radius 1 is 1.14 bits per heavy atom. The van der Waals surface area contributed by atoms with E-state index in [-0.39, 0.29) is 17.3 Å². The van der Waals surface area contributed by atoms with Crippen molar-refractivity contribution in [3.8, 4) is 28.6 Å². The lowest BCUT2D eigenvalue weighted by Crippen LogP contribution is -2.19. The van der Waals surface area contributed by atoms with Gasteiger partial charge in [0.25, 0.3) is 5.91 Å². The predicted molar refractivity (Wildman–Crippen MR) is 136 cm³/mol. The molecule has 3 N–H and O–H groups in total. The number of anilines is 1. The molecular formula is C25H22N8O4. The van der Waals surface area contributed by atoms with Gasteiger partial charge in [0.15, 0.2) is 5.69 Å². The van der Waals surface area contributed by atoms with E-state index in [1.807, 2.05) is 43.3 Å². The van der Waals surface area contributed by atoms with Crippen molar-refractivity contribution >= 4 is 28.7 Å². The summed E-state index contributed by atoms with van der Waals surface area (Å²) in [6.07, 6.45) is 1.53. The zero-order valence-corrected chi connectivity index (χ0v) is 20.0. The molecule has 186 valence electrons. The molecule has 0 spiro atoms. The van der Waals surface area contributed by atoms with Crippen molar-refractivity contribution in [2.45, 2.75) is 6.92 Å². The molecule has 0 bridgehead atoms. The van der Waals surface area contributed by atoms with Crippen LogP contribution in [-0.4, -0.2) is 51.1 Å². The molecule has 2 aromatic heterocycles. The summed E-state index contributed by atoms with van der Waals surface area (Å²) in [5, 5.41) is 21.6. The molecule has 5 aromatic rings. The average molecular weight is 499 g/mol. The van der Waals surface area contributed by atoms with Gasteiger partial charge in [0.05, 0.1) is 19.9 Å². The van der Waals surface area contributed by atoms with E-state index in [1.165, 1.54) is 10.9 Å². The highest BCUT2D eigenvalue weighted by Gasteiger charge is 2.25. The lowest BCUT2D eigenvalue weighted by atomic mass is 10.0. The van der Waals surface area contributed by atoms with Crippen LogP contribution in [0.4, 0.5) is 5.82 Å². The summed E-state index contributed by atoms with van der Waals surface area (Å²) in [7, 11) is 1.58. The number of hydrogen-bond donors (Lipinski definition) is 2. The van der Waals surface area contributed by atoms with E-state index < -0.39 is 5.91 Å². The number of rotatable bonds is 8. The van der Waals surface area contributed by atoms with E-state index in [1.54, 1.807) is 31.4 Å². The van der Waals surface area contributed by atoms with Crippen LogP contribution in [0.25, 0.3) is 27.8 Å². The molecule has 0 saturated heterocycles. The molecule has 1 amide bonds.